The zero-order chi connectivity index (χ0) is 12.2. The zero-order valence-corrected chi connectivity index (χ0v) is 10.7. The van der Waals surface area contributed by atoms with Crippen LogP contribution in [0.3, 0.4) is 0 Å². The van der Waals surface area contributed by atoms with E-state index in [1.54, 1.807) is 0 Å². The van der Waals surface area contributed by atoms with E-state index < -0.39 is 0 Å². The number of hydrogen-bond acceptors (Lipinski definition) is 3. The van der Waals surface area contributed by atoms with Crippen molar-refractivity contribution in [2.24, 2.45) is 5.73 Å². The van der Waals surface area contributed by atoms with Gasteiger partial charge < -0.3 is 15.4 Å². The Kier molecular flexibility index (Phi) is 10.5. The van der Waals surface area contributed by atoms with Gasteiger partial charge in [0.25, 0.3) is 0 Å². The predicted octanol–water partition coefficient (Wildman–Crippen LogP) is 1.39. The van der Waals surface area contributed by atoms with Gasteiger partial charge in [-0.15, -0.1) is 0 Å². The van der Waals surface area contributed by atoms with Gasteiger partial charge in [-0.3, -0.25) is 4.79 Å². The van der Waals surface area contributed by atoms with Gasteiger partial charge in [0.1, 0.15) is 0 Å². The quantitative estimate of drug-likeness (QED) is 0.577. The molecule has 0 spiro atoms. The van der Waals surface area contributed by atoms with E-state index in [1.807, 2.05) is 18.7 Å². The SMILES string of the molecule is CCOCCN(CC)C(=O)CCCCCN. The highest BCUT2D eigenvalue weighted by Gasteiger charge is 2.10. The van der Waals surface area contributed by atoms with Crippen LogP contribution in [0, 0.1) is 0 Å². The zero-order valence-electron chi connectivity index (χ0n) is 10.7. The summed E-state index contributed by atoms with van der Waals surface area (Å²) in [6, 6.07) is 0. The number of ether oxygens (including phenoxy) is 1. The number of amides is 1. The number of nitrogens with zero attached hydrogens (tertiary/aromatic N) is 1. The Balaban J connectivity index is 3.65. The first-order chi connectivity index (χ1) is 7.76. The van der Waals surface area contributed by atoms with Crippen LogP contribution >= 0.6 is 0 Å². The van der Waals surface area contributed by atoms with Crippen molar-refractivity contribution in [3.05, 3.63) is 0 Å². The minimum Gasteiger partial charge on any atom is -0.380 e. The molecule has 0 bridgehead atoms. The van der Waals surface area contributed by atoms with Crippen molar-refractivity contribution >= 4 is 5.91 Å². The van der Waals surface area contributed by atoms with E-state index in [2.05, 4.69) is 0 Å². The van der Waals surface area contributed by atoms with Crippen molar-refractivity contribution in [1.29, 1.82) is 0 Å². The van der Waals surface area contributed by atoms with Crippen molar-refractivity contribution in [2.75, 3.05) is 32.8 Å². The van der Waals surface area contributed by atoms with E-state index in [4.69, 9.17) is 10.5 Å². The van der Waals surface area contributed by atoms with Crippen molar-refractivity contribution in [1.82, 2.24) is 4.90 Å². The topological polar surface area (TPSA) is 55.6 Å². The predicted molar refractivity (Wildman–Crippen MR) is 66.3 cm³/mol. The van der Waals surface area contributed by atoms with Gasteiger partial charge in [0.15, 0.2) is 0 Å². The average molecular weight is 230 g/mol. The van der Waals surface area contributed by atoms with E-state index in [9.17, 15) is 4.79 Å². The van der Waals surface area contributed by atoms with Gasteiger partial charge in [0.2, 0.25) is 5.91 Å². The minimum atomic E-state index is 0.235. The van der Waals surface area contributed by atoms with Crippen LogP contribution in [0.1, 0.15) is 39.5 Å². The molecule has 0 aromatic heterocycles. The largest absolute Gasteiger partial charge is 0.380 e. The number of rotatable bonds is 10. The van der Waals surface area contributed by atoms with Gasteiger partial charge in [-0.05, 0) is 33.2 Å². The molecule has 4 heteroatoms. The number of likely N-dealkylation sites (N-methyl/N-ethyl adjacent to an activating group) is 1. The van der Waals surface area contributed by atoms with E-state index in [1.165, 1.54) is 0 Å². The van der Waals surface area contributed by atoms with Gasteiger partial charge in [-0.2, -0.15) is 0 Å². The van der Waals surface area contributed by atoms with Gasteiger partial charge >= 0.3 is 0 Å². The summed E-state index contributed by atoms with van der Waals surface area (Å²) in [6.45, 7) is 7.51. The third-order valence-electron chi connectivity index (χ3n) is 2.54. The molecule has 1 amide bonds. The summed E-state index contributed by atoms with van der Waals surface area (Å²) in [5.74, 6) is 0.235. The number of carbonyl (C=O) groups excluding carboxylic acids is 1. The normalized spacial score (nSPS) is 10.4. The van der Waals surface area contributed by atoms with Crippen molar-refractivity contribution < 1.29 is 9.53 Å². The second-order valence-electron chi connectivity index (χ2n) is 3.77. The lowest BCUT2D eigenvalue weighted by Gasteiger charge is -2.20. The Morgan fingerprint density at radius 3 is 2.56 bits per heavy atom. The Morgan fingerprint density at radius 2 is 2.00 bits per heavy atom. The smallest absolute Gasteiger partial charge is 0.222 e. The maximum Gasteiger partial charge on any atom is 0.222 e. The summed E-state index contributed by atoms with van der Waals surface area (Å²) in [6.07, 6.45) is 3.64. The number of carbonyl (C=O) groups is 1. The molecule has 0 aromatic rings. The van der Waals surface area contributed by atoms with Crippen LogP contribution in [0.2, 0.25) is 0 Å². The number of unbranched alkanes of at least 4 members (excludes halogenated alkanes) is 2. The molecule has 0 fully saturated rings. The van der Waals surface area contributed by atoms with Crippen LogP contribution in [0.15, 0.2) is 0 Å². The second-order valence-corrected chi connectivity index (χ2v) is 3.77. The van der Waals surface area contributed by atoms with Gasteiger partial charge in [-0.25, -0.2) is 0 Å². The maximum atomic E-state index is 11.8. The van der Waals surface area contributed by atoms with Crippen LogP contribution in [-0.4, -0.2) is 43.7 Å². The highest BCUT2D eigenvalue weighted by molar-refractivity contribution is 5.76. The summed E-state index contributed by atoms with van der Waals surface area (Å²) in [5, 5.41) is 0. The van der Waals surface area contributed by atoms with Gasteiger partial charge in [-0.1, -0.05) is 6.42 Å². The van der Waals surface area contributed by atoms with Gasteiger partial charge in [0.05, 0.1) is 6.61 Å². The molecule has 0 heterocycles. The van der Waals surface area contributed by atoms with Crippen LogP contribution in [0.4, 0.5) is 0 Å². The number of nitrogens with two attached hydrogens (primary N) is 1. The fourth-order valence-electron chi connectivity index (χ4n) is 1.53. The Morgan fingerprint density at radius 1 is 1.25 bits per heavy atom. The van der Waals surface area contributed by atoms with Gasteiger partial charge in [0, 0.05) is 26.1 Å². The lowest BCUT2D eigenvalue weighted by Crippen LogP contribution is -2.33. The van der Waals surface area contributed by atoms with Crippen molar-refractivity contribution in [3.8, 4) is 0 Å². The van der Waals surface area contributed by atoms with E-state index in [0.717, 1.165) is 32.4 Å². The third-order valence-corrected chi connectivity index (χ3v) is 2.54. The summed E-state index contributed by atoms with van der Waals surface area (Å²) < 4.78 is 5.25. The maximum absolute atomic E-state index is 11.8. The molecule has 16 heavy (non-hydrogen) atoms. The Bertz CT molecular complexity index is 174. The van der Waals surface area contributed by atoms with Crippen LogP contribution in [0.25, 0.3) is 0 Å². The molecule has 0 aliphatic carbocycles. The first kappa shape index (κ1) is 15.4. The first-order valence-corrected chi connectivity index (χ1v) is 6.31. The fourth-order valence-corrected chi connectivity index (χ4v) is 1.53. The van der Waals surface area contributed by atoms with E-state index >= 15 is 0 Å². The van der Waals surface area contributed by atoms with E-state index in [0.29, 0.717) is 26.2 Å². The lowest BCUT2D eigenvalue weighted by molar-refractivity contribution is -0.131. The summed E-state index contributed by atoms with van der Waals surface area (Å²) in [5.41, 5.74) is 5.40. The third kappa shape index (κ3) is 7.65. The van der Waals surface area contributed by atoms with Crippen LogP contribution in [-0.2, 0) is 9.53 Å². The Labute approximate surface area is 99.1 Å². The first-order valence-electron chi connectivity index (χ1n) is 6.31. The highest BCUT2D eigenvalue weighted by Crippen LogP contribution is 2.03. The molecule has 96 valence electrons. The molecular weight excluding hydrogens is 204 g/mol. The molecule has 0 saturated carbocycles. The fraction of sp³-hybridized carbons (Fsp3) is 0.917. The molecule has 2 N–H and O–H groups in total. The Hall–Kier alpha value is -0.610. The standard InChI is InChI=1S/C12H26N2O2/c1-3-14(10-11-16-4-2)12(15)8-6-5-7-9-13/h3-11,13H2,1-2H3. The highest BCUT2D eigenvalue weighted by atomic mass is 16.5. The molecule has 0 saturated heterocycles. The molecular formula is C12H26N2O2. The monoisotopic (exact) mass is 230 g/mol. The molecule has 0 aliphatic heterocycles. The molecule has 0 aromatic carbocycles. The molecule has 0 unspecified atom stereocenters. The van der Waals surface area contributed by atoms with Crippen molar-refractivity contribution in [2.45, 2.75) is 39.5 Å². The summed E-state index contributed by atoms with van der Waals surface area (Å²) in [4.78, 5) is 13.6. The summed E-state index contributed by atoms with van der Waals surface area (Å²) in [7, 11) is 0. The molecule has 0 rings (SSSR count). The molecule has 0 atom stereocenters. The number of hydrogen-bond donors (Lipinski definition) is 1. The minimum absolute atomic E-state index is 0.235. The van der Waals surface area contributed by atoms with Crippen molar-refractivity contribution in [3.63, 3.8) is 0 Å². The van der Waals surface area contributed by atoms with E-state index in [-0.39, 0.29) is 5.91 Å². The van der Waals surface area contributed by atoms with Crippen LogP contribution in [0.5, 0.6) is 0 Å². The second kappa shape index (κ2) is 10.9. The average Bonchev–Trinajstić information content (AvgIpc) is 2.30. The molecule has 0 radical (unpaired) electrons. The summed E-state index contributed by atoms with van der Waals surface area (Å²) >= 11 is 0. The molecule has 0 aliphatic rings. The molecule has 4 nitrogen and oxygen atoms in total. The van der Waals surface area contributed by atoms with Crippen LogP contribution < -0.4 is 5.73 Å². The lowest BCUT2D eigenvalue weighted by atomic mass is 10.2.